The van der Waals surface area contributed by atoms with Crippen molar-refractivity contribution in [3.63, 3.8) is 0 Å². The number of pyridine rings is 1. The quantitative estimate of drug-likeness (QED) is 0.772. The van der Waals surface area contributed by atoms with Gasteiger partial charge in [0.05, 0.1) is 13.2 Å². The molecule has 25 heavy (non-hydrogen) atoms. The first-order valence-electron chi connectivity index (χ1n) is 7.77. The van der Waals surface area contributed by atoms with Gasteiger partial charge < -0.3 is 10.1 Å². The highest BCUT2D eigenvalue weighted by atomic mass is 19.1. The molecule has 1 heterocycles. The summed E-state index contributed by atoms with van der Waals surface area (Å²) in [7, 11) is 1.55. The number of ether oxygens (including phenoxy) is 1. The van der Waals surface area contributed by atoms with Gasteiger partial charge in [-0.05, 0) is 53.6 Å². The van der Waals surface area contributed by atoms with Gasteiger partial charge in [-0.2, -0.15) is 0 Å². The molecule has 126 valence electrons. The summed E-state index contributed by atoms with van der Waals surface area (Å²) in [5, 5.41) is 2.99. The third-order valence-corrected chi connectivity index (χ3v) is 3.85. The molecule has 5 heteroatoms. The van der Waals surface area contributed by atoms with Gasteiger partial charge in [0.1, 0.15) is 11.6 Å². The number of benzene rings is 2. The van der Waals surface area contributed by atoms with Crippen LogP contribution in [0.25, 0.3) is 0 Å². The lowest BCUT2D eigenvalue weighted by atomic mass is 9.99. The van der Waals surface area contributed by atoms with Crippen molar-refractivity contribution in [3.8, 4) is 5.75 Å². The molecule has 0 saturated heterocycles. The van der Waals surface area contributed by atoms with Crippen molar-refractivity contribution < 1.29 is 13.9 Å². The maximum Gasteiger partial charge on any atom is 0.252 e. The zero-order valence-corrected chi connectivity index (χ0v) is 13.6. The summed E-state index contributed by atoms with van der Waals surface area (Å²) in [6.45, 7) is 0. The highest BCUT2D eigenvalue weighted by molar-refractivity contribution is 5.95. The van der Waals surface area contributed by atoms with Crippen LogP contribution in [0.5, 0.6) is 5.75 Å². The smallest absolute Gasteiger partial charge is 0.252 e. The number of amides is 1. The first-order chi connectivity index (χ1) is 12.2. The lowest BCUT2D eigenvalue weighted by Gasteiger charge is -2.20. The predicted octanol–water partition coefficient (Wildman–Crippen LogP) is 3.75. The van der Waals surface area contributed by atoms with E-state index >= 15 is 0 Å². The van der Waals surface area contributed by atoms with Crippen LogP contribution in [0, 0.1) is 5.82 Å². The average Bonchev–Trinajstić information content (AvgIpc) is 2.67. The minimum atomic E-state index is -0.415. The van der Waals surface area contributed by atoms with Crippen molar-refractivity contribution in [2.75, 3.05) is 7.11 Å². The van der Waals surface area contributed by atoms with Crippen LogP contribution in [0.3, 0.4) is 0 Å². The molecule has 0 aliphatic rings. The molecule has 4 nitrogen and oxygen atoms in total. The number of nitrogens with zero attached hydrogens (tertiary/aromatic N) is 1. The first kappa shape index (κ1) is 16.6. The summed E-state index contributed by atoms with van der Waals surface area (Å²) in [6, 6.07) is 16.2. The van der Waals surface area contributed by atoms with Crippen LogP contribution >= 0.6 is 0 Å². The average molecular weight is 336 g/mol. The zero-order valence-electron chi connectivity index (χ0n) is 13.6. The van der Waals surface area contributed by atoms with Gasteiger partial charge in [0, 0.05) is 18.0 Å². The molecule has 1 N–H and O–H groups in total. The fraction of sp³-hybridized carbons (Fsp3) is 0.100. The van der Waals surface area contributed by atoms with E-state index in [0.717, 1.165) is 11.1 Å². The monoisotopic (exact) mass is 336 g/mol. The van der Waals surface area contributed by atoms with Crippen molar-refractivity contribution in [2.45, 2.75) is 6.04 Å². The zero-order chi connectivity index (χ0) is 17.6. The molecule has 1 aromatic heterocycles. The minimum absolute atomic E-state index is 0.245. The summed E-state index contributed by atoms with van der Waals surface area (Å²) < 4.78 is 18.4. The van der Waals surface area contributed by atoms with Gasteiger partial charge in [0.25, 0.3) is 5.91 Å². The van der Waals surface area contributed by atoms with E-state index in [4.69, 9.17) is 4.74 Å². The molecule has 0 aliphatic heterocycles. The van der Waals surface area contributed by atoms with Crippen molar-refractivity contribution in [3.05, 3.63) is 95.6 Å². The van der Waals surface area contributed by atoms with Gasteiger partial charge in [-0.15, -0.1) is 0 Å². The van der Waals surface area contributed by atoms with Gasteiger partial charge in [-0.25, -0.2) is 4.39 Å². The molecular weight excluding hydrogens is 319 g/mol. The fourth-order valence-corrected chi connectivity index (χ4v) is 2.55. The lowest BCUT2D eigenvalue weighted by Crippen LogP contribution is -2.29. The van der Waals surface area contributed by atoms with E-state index in [9.17, 15) is 9.18 Å². The van der Waals surface area contributed by atoms with Crippen LogP contribution in [0.2, 0.25) is 0 Å². The molecule has 0 bridgehead atoms. The Morgan fingerprint density at radius 3 is 2.40 bits per heavy atom. The van der Waals surface area contributed by atoms with E-state index in [2.05, 4.69) is 10.3 Å². The second-order valence-corrected chi connectivity index (χ2v) is 5.47. The van der Waals surface area contributed by atoms with Crippen molar-refractivity contribution in [1.82, 2.24) is 10.3 Å². The molecule has 3 rings (SSSR count). The van der Waals surface area contributed by atoms with E-state index in [-0.39, 0.29) is 11.7 Å². The van der Waals surface area contributed by atoms with Crippen molar-refractivity contribution in [1.29, 1.82) is 0 Å². The predicted molar refractivity (Wildman–Crippen MR) is 92.9 cm³/mol. The summed E-state index contributed by atoms with van der Waals surface area (Å²) in [5.41, 5.74) is 2.13. The molecule has 0 fully saturated rings. The standard InChI is InChI=1S/C20H17FN2O2/c1-25-18-4-2-3-16(13-18)20(24)23-19(15-9-11-22-12-10-15)14-5-7-17(21)8-6-14/h2-13,19H,1H3,(H,23,24). The SMILES string of the molecule is COc1cccc(C(=O)NC(c2ccncc2)c2ccc(F)cc2)c1. The van der Waals surface area contributed by atoms with Gasteiger partial charge in [0.2, 0.25) is 0 Å². The number of hydrogen-bond acceptors (Lipinski definition) is 3. The highest BCUT2D eigenvalue weighted by Crippen LogP contribution is 2.23. The largest absolute Gasteiger partial charge is 0.497 e. The van der Waals surface area contributed by atoms with Crippen LogP contribution in [-0.2, 0) is 0 Å². The van der Waals surface area contributed by atoms with Gasteiger partial charge in [-0.1, -0.05) is 18.2 Å². The second-order valence-electron chi connectivity index (χ2n) is 5.47. The summed E-state index contributed by atoms with van der Waals surface area (Å²) in [4.78, 5) is 16.7. The van der Waals surface area contributed by atoms with Crippen molar-refractivity contribution >= 4 is 5.91 Å². The number of aromatic nitrogens is 1. The maximum absolute atomic E-state index is 13.3. The molecule has 1 unspecified atom stereocenters. The van der Waals surface area contributed by atoms with Crippen LogP contribution in [0.15, 0.2) is 73.1 Å². The van der Waals surface area contributed by atoms with E-state index in [1.54, 1.807) is 55.9 Å². The van der Waals surface area contributed by atoms with Crippen LogP contribution in [0.1, 0.15) is 27.5 Å². The van der Waals surface area contributed by atoms with E-state index in [1.807, 2.05) is 12.1 Å². The molecule has 0 radical (unpaired) electrons. The normalized spacial score (nSPS) is 11.6. The van der Waals surface area contributed by atoms with E-state index in [0.29, 0.717) is 11.3 Å². The Balaban J connectivity index is 1.92. The minimum Gasteiger partial charge on any atom is -0.497 e. The molecule has 0 aliphatic carbocycles. The Morgan fingerprint density at radius 2 is 1.72 bits per heavy atom. The topological polar surface area (TPSA) is 51.2 Å². The van der Waals surface area contributed by atoms with Crippen LogP contribution < -0.4 is 10.1 Å². The molecule has 1 atom stereocenters. The van der Waals surface area contributed by atoms with E-state index < -0.39 is 6.04 Å². The number of hydrogen-bond donors (Lipinski definition) is 1. The number of carbonyl (C=O) groups excluding carboxylic acids is 1. The number of nitrogens with one attached hydrogen (secondary N) is 1. The Morgan fingerprint density at radius 1 is 1.04 bits per heavy atom. The summed E-state index contributed by atoms with van der Waals surface area (Å²) >= 11 is 0. The Bertz CT molecular complexity index is 851. The molecule has 2 aromatic carbocycles. The Kier molecular flexibility index (Phi) is 5.04. The first-order valence-corrected chi connectivity index (χ1v) is 7.77. The molecule has 1 amide bonds. The summed E-state index contributed by atoms with van der Waals surface area (Å²) in [5.74, 6) is 0.0382. The van der Waals surface area contributed by atoms with Gasteiger partial charge in [0.15, 0.2) is 0 Å². The van der Waals surface area contributed by atoms with Gasteiger partial charge in [-0.3, -0.25) is 9.78 Å². The fourth-order valence-electron chi connectivity index (χ4n) is 2.55. The Labute approximate surface area is 145 Å². The lowest BCUT2D eigenvalue weighted by molar-refractivity contribution is 0.0942. The maximum atomic E-state index is 13.3. The highest BCUT2D eigenvalue weighted by Gasteiger charge is 2.18. The van der Waals surface area contributed by atoms with E-state index in [1.165, 1.54) is 12.1 Å². The number of rotatable bonds is 5. The number of carbonyl (C=O) groups is 1. The molecule has 0 saturated carbocycles. The molecule has 0 spiro atoms. The third-order valence-electron chi connectivity index (χ3n) is 3.85. The number of methoxy groups -OCH3 is 1. The van der Waals surface area contributed by atoms with Crippen LogP contribution in [-0.4, -0.2) is 18.0 Å². The molecule has 3 aromatic rings. The number of halogens is 1. The third kappa shape index (κ3) is 4.01. The Hall–Kier alpha value is -3.21. The second kappa shape index (κ2) is 7.57. The van der Waals surface area contributed by atoms with Crippen molar-refractivity contribution in [2.24, 2.45) is 0 Å². The molecular formula is C20H17FN2O2. The van der Waals surface area contributed by atoms with Gasteiger partial charge >= 0.3 is 0 Å². The summed E-state index contributed by atoms with van der Waals surface area (Å²) in [6.07, 6.45) is 3.31. The van der Waals surface area contributed by atoms with Crippen LogP contribution in [0.4, 0.5) is 4.39 Å².